The number of hydrogen-bond acceptors (Lipinski definition) is 4. The van der Waals surface area contributed by atoms with E-state index in [0.717, 1.165) is 42.5 Å². The lowest BCUT2D eigenvalue weighted by atomic mass is 9.99. The number of aryl methyl sites for hydroxylation is 1. The minimum atomic E-state index is -4.57. The van der Waals surface area contributed by atoms with E-state index in [0.29, 0.717) is 42.2 Å². The Kier molecular flexibility index (Phi) is 5.94. The summed E-state index contributed by atoms with van der Waals surface area (Å²) in [5.41, 5.74) is 2.36. The highest BCUT2D eigenvalue weighted by atomic mass is 19.4. The van der Waals surface area contributed by atoms with Crippen molar-refractivity contribution in [3.8, 4) is 11.4 Å². The number of hydrogen-bond donors (Lipinski definition) is 2. The van der Waals surface area contributed by atoms with Gasteiger partial charge in [0.1, 0.15) is 17.5 Å². The molecule has 3 aromatic rings. The summed E-state index contributed by atoms with van der Waals surface area (Å²) in [5, 5.41) is 6.20. The van der Waals surface area contributed by atoms with Gasteiger partial charge in [-0.1, -0.05) is 24.6 Å². The van der Waals surface area contributed by atoms with Crippen molar-refractivity contribution >= 4 is 17.2 Å². The van der Waals surface area contributed by atoms with Gasteiger partial charge in [0, 0.05) is 40.7 Å². The molecule has 5 rings (SSSR count). The van der Waals surface area contributed by atoms with E-state index in [9.17, 15) is 22.0 Å². The molecule has 2 N–H and O–H groups in total. The maximum absolute atomic E-state index is 14.5. The van der Waals surface area contributed by atoms with Crippen LogP contribution in [0.1, 0.15) is 48.6 Å². The van der Waals surface area contributed by atoms with Gasteiger partial charge < -0.3 is 10.6 Å². The zero-order valence-electron chi connectivity index (χ0n) is 19.0. The van der Waals surface area contributed by atoms with E-state index in [1.807, 2.05) is 6.92 Å². The molecular weight excluding hydrogens is 463 g/mol. The molecule has 0 unspecified atom stereocenters. The highest BCUT2D eigenvalue weighted by Crippen LogP contribution is 2.39. The van der Waals surface area contributed by atoms with Crippen molar-refractivity contribution in [2.45, 2.75) is 45.2 Å². The summed E-state index contributed by atoms with van der Waals surface area (Å²) < 4.78 is 69.8. The van der Waals surface area contributed by atoms with Gasteiger partial charge >= 0.3 is 6.18 Å². The number of anilines is 2. The zero-order valence-corrected chi connectivity index (χ0v) is 19.0. The van der Waals surface area contributed by atoms with Crippen LogP contribution < -0.4 is 10.6 Å². The van der Waals surface area contributed by atoms with Gasteiger partial charge in [-0.3, -0.25) is 0 Å². The number of aromatic nitrogens is 2. The molecular formula is C26H23F5N4. The Balaban J connectivity index is 1.67. The minimum absolute atomic E-state index is 0.0288. The van der Waals surface area contributed by atoms with Gasteiger partial charge in [0.15, 0.2) is 5.82 Å². The van der Waals surface area contributed by atoms with Gasteiger partial charge in [0.25, 0.3) is 0 Å². The van der Waals surface area contributed by atoms with Crippen molar-refractivity contribution in [2.24, 2.45) is 0 Å². The van der Waals surface area contributed by atoms with Crippen LogP contribution in [0, 0.1) is 11.6 Å². The number of nitrogens with one attached hydrogen (secondary N) is 2. The lowest BCUT2D eigenvalue weighted by Gasteiger charge is -2.26. The van der Waals surface area contributed by atoms with Gasteiger partial charge in [-0.2, -0.15) is 13.2 Å². The Morgan fingerprint density at radius 1 is 0.943 bits per heavy atom. The molecule has 1 aliphatic heterocycles. The molecule has 0 spiro atoms. The summed E-state index contributed by atoms with van der Waals surface area (Å²) in [5.74, 6) is -1.10. The Hall–Kier alpha value is -3.49. The van der Waals surface area contributed by atoms with Crippen LogP contribution in [0.2, 0.25) is 0 Å². The van der Waals surface area contributed by atoms with Crippen LogP contribution in [0.3, 0.4) is 0 Å². The fraction of sp³-hybridized carbons (Fsp3) is 0.308. The van der Waals surface area contributed by atoms with Crippen molar-refractivity contribution in [1.29, 1.82) is 0 Å². The average molecular weight is 486 g/mol. The first-order valence-corrected chi connectivity index (χ1v) is 11.5. The van der Waals surface area contributed by atoms with Crippen LogP contribution in [0.5, 0.6) is 0 Å². The van der Waals surface area contributed by atoms with Crippen LogP contribution in [0.4, 0.5) is 33.5 Å². The zero-order chi connectivity index (χ0) is 24.7. The van der Waals surface area contributed by atoms with Crippen LogP contribution in [-0.4, -0.2) is 16.5 Å². The number of rotatable bonds is 3. The van der Waals surface area contributed by atoms with E-state index in [1.165, 1.54) is 24.3 Å². The first-order chi connectivity index (χ1) is 16.7. The van der Waals surface area contributed by atoms with E-state index >= 15 is 0 Å². The molecule has 0 fully saturated rings. The second-order valence-electron chi connectivity index (χ2n) is 8.87. The van der Waals surface area contributed by atoms with Crippen molar-refractivity contribution in [1.82, 2.24) is 9.97 Å². The second kappa shape index (κ2) is 8.94. The predicted octanol–water partition coefficient (Wildman–Crippen LogP) is 6.98. The highest BCUT2D eigenvalue weighted by Gasteiger charge is 2.34. The first-order valence-electron chi connectivity index (χ1n) is 11.5. The standard InChI is InChI=1S/C26H23F5N4/c1-14-13-32-23-18(11-15(27)12-20(23)28)22(14)34-25-17-8-3-2-4-10-21(17)33-24(35-25)16-7-5-6-9-19(16)26(29,30)31/h5-7,9,11-12,32H,2-4,8,10,13H2,1H3,(H,33,34,35). The van der Waals surface area contributed by atoms with Crippen molar-refractivity contribution < 1.29 is 22.0 Å². The van der Waals surface area contributed by atoms with Gasteiger partial charge in [0.2, 0.25) is 0 Å². The maximum atomic E-state index is 14.5. The molecule has 2 aromatic carbocycles. The second-order valence-corrected chi connectivity index (χ2v) is 8.87. The largest absolute Gasteiger partial charge is 0.417 e. The molecule has 9 heteroatoms. The van der Waals surface area contributed by atoms with E-state index in [4.69, 9.17) is 0 Å². The smallest absolute Gasteiger partial charge is 0.378 e. The monoisotopic (exact) mass is 486 g/mol. The number of alkyl halides is 3. The Morgan fingerprint density at radius 3 is 2.51 bits per heavy atom. The number of fused-ring (bicyclic) bond motifs is 2. The molecule has 35 heavy (non-hydrogen) atoms. The van der Waals surface area contributed by atoms with Crippen LogP contribution >= 0.6 is 0 Å². The molecule has 0 bridgehead atoms. The van der Waals surface area contributed by atoms with Crippen molar-refractivity contribution in [2.75, 3.05) is 17.2 Å². The predicted molar refractivity (Wildman–Crippen MR) is 125 cm³/mol. The van der Waals surface area contributed by atoms with Crippen molar-refractivity contribution in [3.05, 3.63) is 76.0 Å². The summed E-state index contributed by atoms with van der Waals surface area (Å²) in [7, 11) is 0. The molecule has 0 atom stereocenters. The van der Waals surface area contributed by atoms with Gasteiger partial charge in [-0.15, -0.1) is 0 Å². The number of nitrogens with zero attached hydrogens (tertiary/aromatic N) is 2. The van der Waals surface area contributed by atoms with E-state index in [2.05, 4.69) is 20.6 Å². The minimum Gasteiger partial charge on any atom is -0.378 e. The molecule has 4 nitrogen and oxygen atoms in total. The average Bonchev–Trinajstić information content (AvgIpc) is 3.06. The summed E-state index contributed by atoms with van der Waals surface area (Å²) in [4.78, 5) is 9.12. The first kappa shape index (κ1) is 23.3. The fourth-order valence-electron chi connectivity index (χ4n) is 4.70. The van der Waals surface area contributed by atoms with Crippen molar-refractivity contribution in [3.63, 3.8) is 0 Å². The Bertz CT molecular complexity index is 1330. The third-order valence-electron chi connectivity index (χ3n) is 6.43. The Labute approximate surface area is 199 Å². The third kappa shape index (κ3) is 4.47. The normalized spacial score (nSPS) is 15.7. The molecule has 0 saturated carbocycles. The summed E-state index contributed by atoms with van der Waals surface area (Å²) >= 11 is 0. The fourth-order valence-corrected chi connectivity index (χ4v) is 4.70. The highest BCUT2D eigenvalue weighted by molar-refractivity contribution is 5.88. The SMILES string of the molecule is CC1=C(Nc2nc(-c3ccccc3C(F)(F)F)nc3c2CCCCC3)c2cc(F)cc(F)c2NC1. The third-order valence-corrected chi connectivity index (χ3v) is 6.43. The molecule has 0 amide bonds. The van der Waals surface area contributed by atoms with Crippen LogP contribution in [0.25, 0.3) is 17.1 Å². The lowest BCUT2D eigenvalue weighted by molar-refractivity contribution is -0.137. The summed E-state index contributed by atoms with van der Waals surface area (Å²) in [6.07, 6.45) is -0.559. The van der Waals surface area contributed by atoms with E-state index < -0.39 is 23.4 Å². The van der Waals surface area contributed by atoms with Gasteiger partial charge in [-0.05, 0) is 50.3 Å². The van der Waals surface area contributed by atoms with Crippen LogP contribution in [0.15, 0.2) is 42.0 Å². The topological polar surface area (TPSA) is 49.8 Å². The van der Waals surface area contributed by atoms with E-state index in [1.54, 1.807) is 0 Å². The number of benzene rings is 2. The maximum Gasteiger partial charge on any atom is 0.417 e. The number of halogens is 5. The molecule has 0 saturated heterocycles. The van der Waals surface area contributed by atoms with Crippen LogP contribution in [-0.2, 0) is 19.0 Å². The quantitative estimate of drug-likeness (QED) is 0.310. The van der Waals surface area contributed by atoms with E-state index in [-0.39, 0.29) is 17.1 Å². The van der Waals surface area contributed by atoms with Gasteiger partial charge in [0.05, 0.1) is 11.3 Å². The molecule has 1 aliphatic carbocycles. The molecule has 2 heterocycles. The molecule has 182 valence electrons. The Morgan fingerprint density at radius 2 is 1.71 bits per heavy atom. The summed E-state index contributed by atoms with van der Waals surface area (Å²) in [6, 6.07) is 7.27. The lowest BCUT2D eigenvalue weighted by Crippen LogP contribution is -2.19. The molecule has 1 aromatic heterocycles. The summed E-state index contributed by atoms with van der Waals surface area (Å²) in [6.45, 7) is 2.15. The molecule has 0 radical (unpaired) electrons. The molecule has 2 aliphatic rings. The van der Waals surface area contributed by atoms with Gasteiger partial charge in [-0.25, -0.2) is 18.7 Å².